The molecule has 8 heteroatoms. The van der Waals surface area contributed by atoms with Gasteiger partial charge < -0.3 is 19.5 Å². The zero-order valence-corrected chi connectivity index (χ0v) is 19.0. The molecule has 0 aromatic heterocycles. The quantitative estimate of drug-likeness (QED) is 0.409. The first-order valence-electron chi connectivity index (χ1n) is 10.5. The van der Waals surface area contributed by atoms with E-state index in [1.165, 1.54) is 7.11 Å². The van der Waals surface area contributed by atoms with Crippen molar-refractivity contribution < 1.29 is 28.6 Å². The summed E-state index contributed by atoms with van der Waals surface area (Å²) in [7, 11) is 4.59. The summed E-state index contributed by atoms with van der Waals surface area (Å²) >= 11 is 0. The fraction of sp³-hybridized carbons (Fsp3) is 0.192. The molecule has 0 atom stereocenters. The first-order chi connectivity index (χ1) is 16.4. The van der Waals surface area contributed by atoms with Crippen molar-refractivity contribution in [3.8, 4) is 17.2 Å². The van der Waals surface area contributed by atoms with Gasteiger partial charge in [0.15, 0.2) is 11.3 Å². The van der Waals surface area contributed by atoms with E-state index >= 15 is 0 Å². The summed E-state index contributed by atoms with van der Waals surface area (Å²) in [6.07, 6.45) is 0. The standard InChI is InChI=1S/C26H24N2O6/c1-32-20-11-7-18(8-12-20)26(19-9-13-21(33-2)14-10-19)24(30)28(25(31)27-26)16-23(29)17-5-4-6-22(15-17)34-3/h4-15H,16H2,1-3H3,(H,27,31). The van der Waals surface area contributed by atoms with E-state index in [1.54, 1.807) is 87.0 Å². The van der Waals surface area contributed by atoms with Crippen LogP contribution in [0.25, 0.3) is 0 Å². The topological polar surface area (TPSA) is 94.2 Å². The number of nitrogens with one attached hydrogen (secondary N) is 1. The van der Waals surface area contributed by atoms with Crippen LogP contribution in [0.5, 0.6) is 17.2 Å². The molecule has 3 aromatic carbocycles. The second-order valence-electron chi connectivity index (χ2n) is 7.68. The predicted octanol–water partition coefficient (Wildman–Crippen LogP) is 3.39. The second kappa shape index (κ2) is 9.27. The van der Waals surface area contributed by atoms with Crippen molar-refractivity contribution in [3.05, 3.63) is 89.5 Å². The maximum absolute atomic E-state index is 13.8. The van der Waals surface area contributed by atoms with Crippen LogP contribution >= 0.6 is 0 Å². The van der Waals surface area contributed by atoms with Gasteiger partial charge in [-0.05, 0) is 47.5 Å². The van der Waals surface area contributed by atoms with Crippen molar-refractivity contribution in [3.63, 3.8) is 0 Å². The highest BCUT2D eigenvalue weighted by atomic mass is 16.5. The predicted molar refractivity (Wildman–Crippen MR) is 124 cm³/mol. The van der Waals surface area contributed by atoms with Crippen LogP contribution in [0.2, 0.25) is 0 Å². The van der Waals surface area contributed by atoms with Crippen LogP contribution in [0.15, 0.2) is 72.8 Å². The van der Waals surface area contributed by atoms with Gasteiger partial charge in [0.05, 0.1) is 27.9 Å². The van der Waals surface area contributed by atoms with E-state index in [2.05, 4.69) is 5.32 Å². The summed E-state index contributed by atoms with van der Waals surface area (Å²) in [6, 6.07) is 19.6. The van der Waals surface area contributed by atoms with Crippen LogP contribution in [0, 0.1) is 0 Å². The largest absolute Gasteiger partial charge is 0.497 e. The lowest BCUT2D eigenvalue weighted by atomic mass is 9.82. The Bertz CT molecular complexity index is 1170. The number of ether oxygens (including phenoxy) is 3. The zero-order valence-electron chi connectivity index (χ0n) is 19.0. The number of hydrogen-bond acceptors (Lipinski definition) is 6. The molecule has 0 unspecified atom stereocenters. The monoisotopic (exact) mass is 460 g/mol. The third-order valence-corrected chi connectivity index (χ3v) is 5.85. The van der Waals surface area contributed by atoms with Crippen molar-refractivity contribution in [1.29, 1.82) is 0 Å². The molecule has 1 aliphatic rings. The maximum Gasteiger partial charge on any atom is 0.325 e. The molecule has 0 radical (unpaired) electrons. The summed E-state index contributed by atoms with van der Waals surface area (Å²) in [5.41, 5.74) is -0.0998. The number of benzene rings is 3. The van der Waals surface area contributed by atoms with Gasteiger partial charge in [0.2, 0.25) is 0 Å². The Morgan fingerprint density at radius 2 is 1.32 bits per heavy atom. The molecule has 0 saturated carbocycles. The zero-order chi connectivity index (χ0) is 24.3. The minimum absolute atomic E-state index is 0.339. The third kappa shape index (κ3) is 3.94. The average molecular weight is 460 g/mol. The van der Waals surface area contributed by atoms with Crippen LogP contribution < -0.4 is 19.5 Å². The second-order valence-corrected chi connectivity index (χ2v) is 7.68. The van der Waals surface area contributed by atoms with E-state index in [4.69, 9.17) is 14.2 Å². The molecular formula is C26H24N2O6. The first-order valence-corrected chi connectivity index (χ1v) is 10.5. The van der Waals surface area contributed by atoms with Crippen molar-refractivity contribution in [2.24, 2.45) is 0 Å². The molecule has 1 N–H and O–H groups in total. The van der Waals surface area contributed by atoms with Gasteiger partial charge in [0.25, 0.3) is 5.91 Å². The fourth-order valence-corrected chi connectivity index (χ4v) is 3.99. The summed E-state index contributed by atoms with van der Waals surface area (Å²) < 4.78 is 15.6. The van der Waals surface area contributed by atoms with Crippen molar-refractivity contribution >= 4 is 17.7 Å². The first kappa shape index (κ1) is 22.8. The lowest BCUT2D eigenvalue weighted by molar-refractivity contribution is -0.129. The highest BCUT2D eigenvalue weighted by Crippen LogP contribution is 2.37. The lowest BCUT2D eigenvalue weighted by Gasteiger charge is -2.28. The molecule has 1 aliphatic heterocycles. The van der Waals surface area contributed by atoms with Crippen molar-refractivity contribution in [1.82, 2.24) is 10.2 Å². The molecule has 1 fully saturated rings. The number of amides is 3. The number of urea groups is 1. The Balaban J connectivity index is 1.73. The number of hydrogen-bond donors (Lipinski definition) is 1. The average Bonchev–Trinajstić information content (AvgIpc) is 3.14. The number of carbonyl (C=O) groups excluding carboxylic acids is 3. The molecule has 1 saturated heterocycles. The Labute approximate surface area is 197 Å². The van der Waals surface area contributed by atoms with Crippen molar-refractivity contribution in [2.75, 3.05) is 27.9 Å². The van der Waals surface area contributed by atoms with E-state index in [1.807, 2.05) is 0 Å². The summed E-state index contributed by atoms with van der Waals surface area (Å²) in [4.78, 5) is 40.8. The number of imide groups is 1. The van der Waals surface area contributed by atoms with Crippen LogP contribution in [-0.4, -0.2) is 50.5 Å². The molecule has 1 heterocycles. The van der Waals surface area contributed by atoms with E-state index < -0.39 is 24.0 Å². The molecule has 174 valence electrons. The van der Waals surface area contributed by atoms with Gasteiger partial charge >= 0.3 is 6.03 Å². The normalized spacial score (nSPS) is 14.5. The number of rotatable bonds is 8. The molecule has 4 rings (SSSR count). The fourth-order valence-electron chi connectivity index (χ4n) is 3.99. The van der Waals surface area contributed by atoms with Crippen LogP contribution in [0.1, 0.15) is 21.5 Å². The van der Waals surface area contributed by atoms with Crippen molar-refractivity contribution in [2.45, 2.75) is 5.54 Å². The maximum atomic E-state index is 13.8. The number of Topliss-reactive ketones (excluding diaryl/α,β-unsaturated/α-hetero) is 1. The molecule has 0 bridgehead atoms. The Morgan fingerprint density at radius 3 is 1.82 bits per heavy atom. The Hall–Kier alpha value is -4.33. The van der Waals surface area contributed by atoms with Crippen LogP contribution in [-0.2, 0) is 10.3 Å². The highest BCUT2D eigenvalue weighted by Gasteiger charge is 2.54. The van der Waals surface area contributed by atoms with Gasteiger partial charge in [-0.1, -0.05) is 36.4 Å². The lowest BCUT2D eigenvalue weighted by Crippen LogP contribution is -2.45. The number of carbonyl (C=O) groups is 3. The van der Waals surface area contributed by atoms with E-state index in [-0.39, 0.29) is 5.78 Å². The third-order valence-electron chi connectivity index (χ3n) is 5.85. The summed E-state index contributed by atoms with van der Waals surface area (Å²) in [6.45, 7) is -0.411. The number of ketones is 1. The van der Waals surface area contributed by atoms with Gasteiger partial charge in [0, 0.05) is 5.56 Å². The summed E-state index contributed by atoms with van der Waals surface area (Å²) in [5, 5.41) is 2.83. The minimum atomic E-state index is -1.51. The van der Waals surface area contributed by atoms with Gasteiger partial charge in [-0.3, -0.25) is 14.5 Å². The SMILES string of the molecule is COc1ccc(C2(c3ccc(OC)cc3)NC(=O)N(CC(=O)c3cccc(OC)c3)C2=O)cc1. The van der Waals surface area contributed by atoms with E-state index in [0.29, 0.717) is 33.9 Å². The Morgan fingerprint density at radius 1 is 0.794 bits per heavy atom. The van der Waals surface area contributed by atoms with Gasteiger partial charge in [0.1, 0.15) is 17.2 Å². The summed E-state index contributed by atoms with van der Waals surface area (Å²) in [5.74, 6) is 0.784. The van der Waals surface area contributed by atoms with Crippen LogP contribution in [0.4, 0.5) is 4.79 Å². The van der Waals surface area contributed by atoms with Gasteiger partial charge in [-0.2, -0.15) is 0 Å². The highest BCUT2D eigenvalue weighted by molar-refractivity contribution is 6.13. The van der Waals surface area contributed by atoms with Gasteiger partial charge in [-0.15, -0.1) is 0 Å². The molecule has 0 aliphatic carbocycles. The van der Waals surface area contributed by atoms with Gasteiger partial charge in [-0.25, -0.2) is 4.79 Å². The molecule has 3 aromatic rings. The minimum Gasteiger partial charge on any atom is -0.497 e. The molecule has 34 heavy (non-hydrogen) atoms. The molecular weight excluding hydrogens is 436 g/mol. The smallest absolute Gasteiger partial charge is 0.325 e. The number of nitrogens with zero attached hydrogens (tertiary/aromatic N) is 1. The number of methoxy groups -OCH3 is 3. The molecule has 8 nitrogen and oxygen atoms in total. The molecule has 0 spiro atoms. The van der Waals surface area contributed by atoms with Crippen LogP contribution in [0.3, 0.4) is 0 Å². The van der Waals surface area contributed by atoms with E-state index in [9.17, 15) is 14.4 Å². The Kier molecular flexibility index (Phi) is 6.23. The van der Waals surface area contributed by atoms with E-state index in [0.717, 1.165) is 4.90 Å². The molecule has 3 amide bonds.